The number of anilines is 1. The van der Waals surface area contributed by atoms with Crippen molar-refractivity contribution in [2.75, 3.05) is 25.3 Å². The van der Waals surface area contributed by atoms with Gasteiger partial charge in [-0.2, -0.15) is 0 Å². The van der Waals surface area contributed by atoms with Crippen LogP contribution in [0.15, 0.2) is 41.3 Å². The maximum Gasteiger partial charge on any atom is 0.233 e. The third kappa shape index (κ3) is 4.35. The van der Waals surface area contributed by atoms with Crippen molar-refractivity contribution >= 4 is 42.4 Å². The number of nitrogens with zero attached hydrogens (tertiary/aromatic N) is 1. The number of fused-ring (bicyclic) bond motifs is 1. The van der Waals surface area contributed by atoms with E-state index in [4.69, 9.17) is 9.47 Å². The van der Waals surface area contributed by atoms with Crippen molar-refractivity contribution < 1.29 is 22.7 Å². The van der Waals surface area contributed by atoms with Gasteiger partial charge in [0.05, 0.1) is 41.0 Å². The second-order valence-corrected chi connectivity index (χ2v) is 9.69. The molecule has 1 unspecified atom stereocenters. The molecule has 154 valence electrons. The molecule has 1 N–H and O–H groups in total. The zero-order valence-corrected chi connectivity index (χ0v) is 18.2. The molecule has 29 heavy (non-hydrogen) atoms. The Kier molecular flexibility index (Phi) is 6.09. The quantitative estimate of drug-likeness (QED) is 0.607. The SMILES string of the molecule is CCS(=O)(=O)c1ccc(C(C)C(=O)Nc2nc3cc(OC)c(OC)cc3s2)cc1. The lowest BCUT2D eigenvalue weighted by atomic mass is 10.0. The molecule has 1 aromatic heterocycles. The summed E-state index contributed by atoms with van der Waals surface area (Å²) in [5.74, 6) is 0.504. The number of nitrogens with one attached hydrogen (secondary N) is 1. The molecular weight excluding hydrogens is 412 g/mol. The number of rotatable bonds is 7. The fraction of sp³-hybridized carbons (Fsp3) is 0.300. The van der Waals surface area contributed by atoms with Crippen molar-refractivity contribution in [1.82, 2.24) is 4.98 Å². The van der Waals surface area contributed by atoms with E-state index in [1.54, 1.807) is 46.3 Å². The molecule has 0 radical (unpaired) electrons. The fourth-order valence-electron chi connectivity index (χ4n) is 2.80. The van der Waals surface area contributed by atoms with Crippen molar-refractivity contribution in [3.8, 4) is 11.5 Å². The van der Waals surface area contributed by atoms with Crippen LogP contribution in [0.2, 0.25) is 0 Å². The molecule has 0 aliphatic carbocycles. The molecule has 3 rings (SSSR count). The Morgan fingerprint density at radius 1 is 1.14 bits per heavy atom. The molecule has 0 saturated heterocycles. The maximum absolute atomic E-state index is 12.7. The minimum atomic E-state index is -3.27. The van der Waals surface area contributed by atoms with Crippen molar-refractivity contribution in [2.24, 2.45) is 0 Å². The lowest BCUT2D eigenvalue weighted by Crippen LogP contribution is -2.18. The molecule has 0 bridgehead atoms. The van der Waals surface area contributed by atoms with E-state index in [0.717, 1.165) is 10.3 Å². The molecule has 0 fully saturated rings. The number of carbonyl (C=O) groups excluding carboxylic acids is 1. The Hall–Kier alpha value is -2.65. The van der Waals surface area contributed by atoms with Gasteiger partial charge in [0.25, 0.3) is 0 Å². The number of aromatic nitrogens is 1. The van der Waals surface area contributed by atoms with Crippen LogP contribution in [-0.2, 0) is 14.6 Å². The van der Waals surface area contributed by atoms with Crippen LogP contribution in [0, 0.1) is 0 Å². The second-order valence-electron chi connectivity index (χ2n) is 6.38. The molecule has 0 aliphatic heterocycles. The van der Waals surface area contributed by atoms with Gasteiger partial charge in [-0.25, -0.2) is 13.4 Å². The van der Waals surface area contributed by atoms with Crippen LogP contribution >= 0.6 is 11.3 Å². The van der Waals surface area contributed by atoms with Crippen molar-refractivity contribution in [3.05, 3.63) is 42.0 Å². The van der Waals surface area contributed by atoms with Gasteiger partial charge >= 0.3 is 0 Å². The Balaban J connectivity index is 1.79. The third-order valence-corrected chi connectivity index (χ3v) is 7.32. The highest BCUT2D eigenvalue weighted by Gasteiger charge is 2.19. The van der Waals surface area contributed by atoms with E-state index in [-0.39, 0.29) is 16.6 Å². The summed E-state index contributed by atoms with van der Waals surface area (Å²) in [5.41, 5.74) is 1.42. The van der Waals surface area contributed by atoms with Crippen LogP contribution in [0.25, 0.3) is 10.2 Å². The molecule has 0 spiro atoms. The molecule has 0 aliphatic rings. The summed E-state index contributed by atoms with van der Waals surface area (Å²) in [5, 5.41) is 3.30. The number of benzene rings is 2. The maximum atomic E-state index is 12.7. The van der Waals surface area contributed by atoms with Gasteiger partial charge in [-0.3, -0.25) is 4.79 Å². The van der Waals surface area contributed by atoms with Crippen LogP contribution in [0.4, 0.5) is 5.13 Å². The monoisotopic (exact) mass is 434 g/mol. The minimum absolute atomic E-state index is 0.0373. The minimum Gasteiger partial charge on any atom is -0.493 e. The van der Waals surface area contributed by atoms with E-state index in [2.05, 4.69) is 10.3 Å². The molecule has 1 amide bonds. The molecule has 7 nitrogen and oxygen atoms in total. The zero-order valence-electron chi connectivity index (χ0n) is 16.6. The van der Waals surface area contributed by atoms with E-state index < -0.39 is 15.8 Å². The standard InChI is InChI=1S/C20H22N2O5S2/c1-5-29(24,25)14-8-6-13(7-9-14)12(2)19(23)22-20-21-15-10-16(26-3)17(27-4)11-18(15)28-20/h6-12H,5H2,1-4H3,(H,21,22,23). The van der Waals surface area contributed by atoms with Gasteiger partial charge in [-0.1, -0.05) is 30.4 Å². The van der Waals surface area contributed by atoms with Crippen molar-refractivity contribution in [2.45, 2.75) is 24.7 Å². The van der Waals surface area contributed by atoms with E-state index in [1.165, 1.54) is 23.5 Å². The lowest BCUT2D eigenvalue weighted by molar-refractivity contribution is -0.117. The number of amides is 1. The smallest absolute Gasteiger partial charge is 0.233 e. The third-order valence-electron chi connectivity index (χ3n) is 4.64. The van der Waals surface area contributed by atoms with Crippen LogP contribution in [0.3, 0.4) is 0 Å². The Bertz CT molecular complexity index is 1100. The highest BCUT2D eigenvalue weighted by atomic mass is 32.2. The number of hydrogen-bond acceptors (Lipinski definition) is 7. The van der Waals surface area contributed by atoms with Crippen molar-refractivity contribution in [3.63, 3.8) is 0 Å². The highest BCUT2D eigenvalue weighted by Crippen LogP contribution is 2.36. The molecule has 1 atom stereocenters. The van der Waals surface area contributed by atoms with Crippen LogP contribution in [-0.4, -0.2) is 39.3 Å². The lowest BCUT2D eigenvalue weighted by Gasteiger charge is -2.11. The topological polar surface area (TPSA) is 94.6 Å². The van der Waals surface area contributed by atoms with Gasteiger partial charge in [0, 0.05) is 12.1 Å². The van der Waals surface area contributed by atoms with Gasteiger partial charge < -0.3 is 14.8 Å². The molecule has 2 aromatic carbocycles. The van der Waals surface area contributed by atoms with E-state index >= 15 is 0 Å². The summed E-state index contributed by atoms with van der Waals surface area (Å²) in [6.07, 6.45) is 0. The first-order valence-corrected chi connectivity index (χ1v) is 11.4. The molecule has 3 aromatic rings. The Labute approximate surface area is 173 Å². The summed E-state index contributed by atoms with van der Waals surface area (Å²) in [6.45, 7) is 3.36. The Morgan fingerprint density at radius 3 is 2.34 bits per heavy atom. The number of sulfone groups is 1. The number of carbonyl (C=O) groups is 1. The average Bonchev–Trinajstić information content (AvgIpc) is 3.12. The first-order chi connectivity index (χ1) is 13.8. The normalized spacial score (nSPS) is 12.6. The molecular formula is C20H22N2O5S2. The average molecular weight is 435 g/mol. The van der Waals surface area contributed by atoms with E-state index in [0.29, 0.717) is 22.1 Å². The summed E-state index contributed by atoms with van der Waals surface area (Å²) in [6, 6.07) is 9.98. The van der Waals surface area contributed by atoms with Gasteiger partial charge in [-0.05, 0) is 24.6 Å². The predicted octanol–water partition coefficient (Wildman–Crippen LogP) is 3.85. The van der Waals surface area contributed by atoms with Crippen LogP contribution in [0.1, 0.15) is 25.3 Å². The summed E-state index contributed by atoms with van der Waals surface area (Å²) in [4.78, 5) is 17.4. The molecule has 1 heterocycles. The largest absolute Gasteiger partial charge is 0.493 e. The second kappa shape index (κ2) is 8.38. The van der Waals surface area contributed by atoms with Gasteiger partial charge in [0.2, 0.25) is 5.91 Å². The van der Waals surface area contributed by atoms with E-state index in [1.807, 2.05) is 6.07 Å². The van der Waals surface area contributed by atoms with Gasteiger partial charge in [0.15, 0.2) is 26.5 Å². The number of methoxy groups -OCH3 is 2. The number of hydrogen-bond donors (Lipinski definition) is 1. The zero-order chi connectivity index (χ0) is 21.2. The number of ether oxygens (including phenoxy) is 2. The molecule has 0 saturated carbocycles. The van der Waals surface area contributed by atoms with E-state index in [9.17, 15) is 13.2 Å². The summed E-state index contributed by atoms with van der Waals surface area (Å²) < 4.78 is 35.3. The van der Waals surface area contributed by atoms with Gasteiger partial charge in [-0.15, -0.1) is 0 Å². The fourth-order valence-corrected chi connectivity index (χ4v) is 4.57. The molecule has 9 heteroatoms. The Morgan fingerprint density at radius 2 is 1.76 bits per heavy atom. The predicted molar refractivity (Wildman–Crippen MR) is 114 cm³/mol. The van der Waals surface area contributed by atoms with Gasteiger partial charge in [0.1, 0.15) is 0 Å². The summed E-state index contributed by atoms with van der Waals surface area (Å²) in [7, 11) is -0.151. The van der Waals surface area contributed by atoms with Crippen molar-refractivity contribution in [1.29, 1.82) is 0 Å². The first-order valence-electron chi connectivity index (χ1n) is 8.95. The highest BCUT2D eigenvalue weighted by molar-refractivity contribution is 7.91. The summed E-state index contributed by atoms with van der Waals surface area (Å²) >= 11 is 1.34. The van der Waals surface area contributed by atoms with Crippen LogP contribution < -0.4 is 14.8 Å². The number of thiazole rings is 1. The first kappa shape index (κ1) is 21.1. The van der Waals surface area contributed by atoms with Crippen LogP contribution in [0.5, 0.6) is 11.5 Å².